The number of rotatable bonds is 6. The molecule has 0 aliphatic carbocycles. The number of halogens is 1. The Morgan fingerprint density at radius 3 is 2.50 bits per heavy atom. The van der Waals surface area contributed by atoms with E-state index in [9.17, 15) is 19.3 Å². The molecule has 2 rings (SSSR count). The number of nitrogens with zero attached hydrogens (tertiary/aromatic N) is 2. The van der Waals surface area contributed by atoms with Gasteiger partial charge in [0, 0.05) is 23.5 Å². The fourth-order valence-corrected chi connectivity index (χ4v) is 2.34. The standard InChI is InChI=1S/C17H18FN3O3/c1-12(2)20(14-6-4-3-5-7-14)17(22)11-19-13-8-9-15(18)16(10-13)21(23)24/h3-10,12,19H,11H2,1-2H3. The zero-order valence-corrected chi connectivity index (χ0v) is 13.4. The Bertz CT molecular complexity index is 735. The molecule has 1 N–H and O–H groups in total. The molecule has 0 saturated heterocycles. The van der Waals surface area contributed by atoms with Crippen LogP contribution in [0.2, 0.25) is 0 Å². The summed E-state index contributed by atoms with van der Waals surface area (Å²) in [6.45, 7) is 3.73. The number of nitro groups is 1. The fraction of sp³-hybridized carbons (Fsp3) is 0.235. The number of para-hydroxylation sites is 1. The number of amides is 1. The molecule has 0 heterocycles. The first-order valence-electron chi connectivity index (χ1n) is 7.45. The highest BCUT2D eigenvalue weighted by Gasteiger charge is 2.19. The van der Waals surface area contributed by atoms with Gasteiger partial charge in [-0.15, -0.1) is 0 Å². The molecule has 0 aliphatic heterocycles. The van der Waals surface area contributed by atoms with Gasteiger partial charge in [0.1, 0.15) is 0 Å². The topological polar surface area (TPSA) is 75.5 Å². The third-order valence-corrected chi connectivity index (χ3v) is 3.41. The van der Waals surface area contributed by atoms with Crippen LogP contribution in [0.4, 0.5) is 21.5 Å². The van der Waals surface area contributed by atoms with E-state index < -0.39 is 16.4 Å². The van der Waals surface area contributed by atoms with Crippen molar-refractivity contribution >= 4 is 23.0 Å². The normalized spacial score (nSPS) is 10.5. The lowest BCUT2D eigenvalue weighted by atomic mass is 10.2. The van der Waals surface area contributed by atoms with Gasteiger partial charge in [0.25, 0.3) is 0 Å². The van der Waals surface area contributed by atoms with Crippen molar-refractivity contribution in [2.45, 2.75) is 19.9 Å². The quantitative estimate of drug-likeness (QED) is 0.648. The molecule has 0 fully saturated rings. The van der Waals surface area contributed by atoms with Gasteiger partial charge in [0.05, 0.1) is 11.5 Å². The molecule has 2 aromatic carbocycles. The Morgan fingerprint density at radius 2 is 1.92 bits per heavy atom. The van der Waals surface area contributed by atoms with E-state index in [0.29, 0.717) is 5.69 Å². The molecule has 0 radical (unpaired) electrons. The first kappa shape index (κ1) is 17.4. The van der Waals surface area contributed by atoms with E-state index >= 15 is 0 Å². The third-order valence-electron chi connectivity index (χ3n) is 3.41. The molecule has 2 aromatic rings. The van der Waals surface area contributed by atoms with Gasteiger partial charge in [-0.05, 0) is 38.1 Å². The van der Waals surface area contributed by atoms with Crippen LogP contribution >= 0.6 is 0 Å². The highest BCUT2D eigenvalue weighted by Crippen LogP contribution is 2.22. The summed E-state index contributed by atoms with van der Waals surface area (Å²) in [6, 6.07) is 12.6. The lowest BCUT2D eigenvalue weighted by molar-refractivity contribution is -0.387. The summed E-state index contributed by atoms with van der Waals surface area (Å²) in [5.74, 6) is -1.10. The molecular formula is C17H18FN3O3. The molecule has 24 heavy (non-hydrogen) atoms. The molecule has 7 heteroatoms. The average molecular weight is 331 g/mol. The smallest absolute Gasteiger partial charge is 0.306 e. The van der Waals surface area contributed by atoms with Gasteiger partial charge in [-0.2, -0.15) is 4.39 Å². The lowest BCUT2D eigenvalue weighted by Crippen LogP contribution is -2.40. The fourth-order valence-electron chi connectivity index (χ4n) is 2.34. The number of hydrogen-bond donors (Lipinski definition) is 1. The van der Waals surface area contributed by atoms with Crippen molar-refractivity contribution in [3.05, 3.63) is 64.5 Å². The summed E-state index contributed by atoms with van der Waals surface area (Å²) >= 11 is 0. The summed E-state index contributed by atoms with van der Waals surface area (Å²) in [6.07, 6.45) is 0. The van der Waals surface area contributed by atoms with Gasteiger partial charge in [0.15, 0.2) is 0 Å². The van der Waals surface area contributed by atoms with Crippen LogP contribution in [-0.4, -0.2) is 23.4 Å². The SMILES string of the molecule is CC(C)N(C(=O)CNc1ccc(F)c([N+](=O)[O-])c1)c1ccccc1. The van der Waals surface area contributed by atoms with Crippen LogP contribution in [0.15, 0.2) is 48.5 Å². The maximum atomic E-state index is 13.3. The number of nitrogens with one attached hydrogen (secondary N) is 1. The summed E-state index contributed by atoms with van der Waals surface area (Å²) in [4.78, 5) is 24.1. The predicted octanol–water partition coefficient (Wildman–Crippen LogP) is 3.59. The van der Waals surface area contributed by atoms with E-state index in [1.54, 1.807) is 4.90 Å². The van der Waals surface area contributed by atoms with Crippen LogP contribution in [0.25, 0.3) is 0 Å². The maximum absolute atomic E-state index is 13.3. The number of carbonyl (C=O) groups is 1. The molecule has 0 bridgehead atoms. The second kappa shape index (κ2) is 7.54. The number of anilines is 2. The largest absolute Gasteiger partial charge is 0.376 e. The molecule has 0 atom stereocenters. The Balaban J connectivity index is 2.11. The lowest BCUT2D eigenvalue weighted by Gasteiger charge is -2.27. The van der Waals surface area contributed by atoms with Gasteiger partial charge in [-0.1, -0.05) is 18.2 Å². The minimum Gasteiger partial charge on any atom is -0.376 e. The van der Waals surface area contributed by atoms with Crippen LogP contribution in [-0.2, 0) is 4.79 Å². The Morgan fingerprint density at radius 1 is 1.25 bits per heavy atom. The molecule has 6 nitrogen and oxygen atoms in total. The van der Waals surface area contributed by atoms with Crippen molar-refractivity contribution < 1.29 is 14.1 Å². The second-order valence-electron chi connectivity index (χ2n) is 5.47. The summed E-state index contributed by atoms with van der Waals surface area (Å²) in [7, 11) is 0. The first-order chi connectivity index (χ1) is 11.4. The summed E-state index contributed by atoms with van der Waals surface area (Å²) in [5.41, 5.74) is 0.453. The molecule has 0 saturated carbocycles. The molecular weight excluding hydrogens is 313 g/mol. The predicted molar refractivity (Wildman–Crippen MR) is 90.6 cm³/mol. The van der Waals surface area contributed by atoms with Crippen molar-refractivity contribution in [1.29, 1.82) is 0 Å². The molecule has 0 aromatic heterocycles. The minimum atomic E-state index is -0.912. The van der Waals surface area contributed by atoms with Crippen LogP contribution < -0.4 is 10.2 Å². The summed E-state index contributed by atoms with van der Waals surface area (Å²) in [5, 5.41) is 13.6. The van der Waals surface area contributed by atoms with Crippen molar-refractivity contribution in [2.24, 2.45) is 0 Å². The van der Waals surface area contributed by atoms with E-state index in [4.69, 9.17) is 0 Å². The van der Waals surface area contributed by atoms with Crippen molar-refractivity contribution in [2.75, 3.05) is 16.8 Å². The van der Waals surface area contributed by atoms with Gasteiger partial charge >= 0.3 is 5.69 Å². The van der Waals surface area contributed by atoms with E-state index in [1.807, 2.05) is 44.2 Å². The maximum Gasteiger partial charge on any atom is 0.306 e. The Labute approximate surface area is 139 Å². The van der Waals surface area contributed by atoms with Crippen LogP contribution in [0.3, 0.4) is 0 Å². The van der Waals surface area contributed by atoms with Crippen LogP contribution in [0.1, 0.15) is 13.8 Å². The molecule has 1 amide bonds. The highest BCUT2D eigenvalue weighted by molar-refractivity contribution is 5.96. The molecule has 0 aliphatic rings. The number of benzene rings is 2. The van der Waals surface area contributed by atoms with Crippen LogP contribution in [0, 0.1) is 15.9 Å². The van der Waals surface area contributed by atoms with Crippen molar-refractivity contribution in [1.82, 2.24) is 0 Å². The Hall–Kier alpha value is -2.96. The third kappa shape index (κ3) is 4.07. The van der Waals surface area contributed by atoms with Crippen LogP contribution in [0.5, 0.6) is 0 Å². The zero-order chi connectivity index (χ0) is 17.7. The minimum absolute atomic E-state index is 0.0516. The molecule has 126 valence electrons. The van der Waals surface area contributed by atoms with Gasteiger partial charge < -0.3 is 10.2 Å². The van der Waals surface area contributed by atoms with Gasteiger partial charge in [-0.3, -0.25) is 14.9 Å². The van der Waals surface area contributed by atoms with Crippen molar-refractivity contribution in [3.8, 4) is 0 Å². The van der Waals surface area contributed by atoms with E-state index in [2.05, 4.69) is 5.32 Å². The Kier molecular flexibility index (Phi) is 5.47. The van der Waals surface area contributed by atoms with E-state index in [-0.39, 0.29) is 18.5 Å². The monoisotopic (exact) mass is 331 g/mol. The number of hydrogen-bond acceptors (Lipinski definition) is 4. The van der Waals surface area contributed by atoms with Gasteiger partial charge in [-0.25, -0.2) is 0 Å². The number of nitro benzene ring substituents is 1. The summed E-state index contributed by atoms with van der Waals surface area (Å²) < 4.78 is 13.3. The highest BCUT2D eigenvalue weighted by atomic mass is 19.1. The van der Waals surface area contributed by atoms with E-state index in [0.717, 1.165) is 17.8 Å². The van der Waals surface area contributed by atoms with E-state index in [1.165, 1.54) is 6.07 Å². The number of carbonyl (C=O) groups excluding carboxylic acids is 1. The van der Waals surface area contributed by atoms with Crippen molar-refractivity contribution in [3.63, 3.8) is 0 Å². The average Bonchev–Trinajstić information content (AvgIpc) is 2.54. The molecule has 0 spiro atoms. The molecule has 0 unspecified atom stereocenters. The first-order valence-corrected chi connectivity index (χ1v) is 7.45. The zero-order valence-electron chi connectivity index (χ0n) is 13.4. The second-order valence-corrected chi connectivity index (χ2v) is 5.47. The van der Waals surface area contributed by atoms with Gasteiger partial charge in [0.2, 0.25) is 11.7 Å².